The zero-order valence-electron chi connectivity index (χ0n) is 10.6. The van der Waals surface area contributed by atoms with Crippen LogP contribution in [0.4, 0.5) is 0 Å². The molecule has 1 saturated heterocycles. The Labute approximate surface area is 130 Å². The molecule has 1 unspecified atom stereocenters. The van der Waals surface area contributed by atoms with Gasteiger partial charge in [0.05, 0.1) is 12.2 Å². The van der Waals surface area contributed by atoms with Crippen LogP contribution in [0.3, 0.4) is 0 Å². The van der Waals surface area contributed by atoms with Gasteiger partial charge in [-0.2, -0.15) is 12.2 Å². The number of Topliss-reactive ketones (excluding diaryl/α,β-unsaturated/α-hetero) is 1. The molecule has 1 radical (unpaired) electrons. The lowest BCUT2D eigenvalue weighted by Crippen LogP contribution is -2.41. The molecule has 4 atom stereocenters. The van der Waals surface area contributed by atoms with Gasteiger partial charge in [-0.25, -0.2) is 0 Å². The lowest BCUT2D eigenvalue weighted by Gasteiger charge is -2.34. The first-order valence-electron chi connectivity index (χ1n) is 5.88. The van der Waals surface area contributed by atoms with Crippen molar-refractivity contribution in [1.29, 1.82) is 0 Å². The molecule has 18 heavy (non-hydrogen) atoms. The fourth-order valence-corrected chi connectivity index (χ4v) is 2.71. The molecule has 1 aliphatic heterocycles. The van der Waals surface area contributed by atoms with Crippen molar-refractivity contribution in [3.63, 3.8) is 0 Å². The zero-order chi connectivity index (χ0) is 13.5. The summed E-state index contributed by atoms with van der Waals surface area (Å²) in [6.45, 7) is 4.52. The van der Waals surface area contributed by atoms with E-state index in [9.17, 15) is 4.79 Å². The maximum Gasteiger partial charge on any atom is 0.332 e. The van der Waals surface area contributed by atoms with Crippen LogP contribution in [0.1, 0.15) is 26.7 Å². The molecule has 0 N–H and O–H groups in total. The van der Waals surface area contributed by atoms with Crippen LogP contribution in [0.15, 0.2) is 9.66 Å². The van der Waals surface area contributed by atoms with E-state index in [0.29, 0.717) is 20.7 Å². The lowest BCUT2D eigenvalue weighted by atomic mass is 9.88. The maximum atomic E-state index is 12.0. The molecule has 1 rings (SSSR count). The van der Waals surface area contributed by atoms with Crippen molar-refractivity contribution in [2.45, 2.75) is 38.9 Å². The average molecular weight is 399 g/mol. The summed E-state index contributed by atoms with van der Waals surface area (Å²) in [5.74, 6) is 0.249. The molecule has 1 heterocycles. The van der Waals surface area contributed by atoms with Gasteiger partial charge in [0.2, 0.25) is 0 Å². The molecule has 0 aromatic carbocycles. The Kier molecular flexibility index (Phi) is 8.44. The molecule has 0 aromatic heterocycles. The third kappa shape index (κ3) is 5.12. The maximum absolute atomic E-state index is 12.0. The summed E-state index contributed by atoms with van der Waals surface area (Å²) in [6.07, 6.45) is 1.13. The molecule has 1 fully saturated rings. The Morgan fingerprint density at radius 1 is 1.78 bits per heavy atom. The van der Waals surface area contributed by atoms with Crippen molar-refractivity contribution in [3.8, 4) is 0 Å². The molecule has 3 nitrogen and oxygen atoms in total. The summed E-state index contributed by atoms with van der Waals surface area (Å²) in [5.41, 5.74) is 1.12. The van der Waals surface area contributed by atoms with E-state index in [1.165, 1.54) is 0 Å². The number of rotatable bonds is 6. The summed E-state index contributed by atoms with van der Waals surface area (Å²) >= 11 is 6.24. The van der Waals surface area contributed by atoms with Crippen molar-refractivity contribution >= 4 is 55.5 Å². The van der Waals surface area contributed by atoms with Gasteiger partial charge in [-0.3, -0.25) is 4.79 Å². The minimum Gasteiger partial charge on any atom is -0.434 e. The van der Waals surface area contributed by atoms with Crippen molar-refractivity contribution in [1.82, 2.24) is 0 Å². The predicted octanol–water partition coefficient (Wildman–Crippen LogP) is 3.15. The van der Waals surface area contributed by atoms with Crippen LogP contribution in [0.25, 0.3) is 0 Å². The summed E-state index contributed by atoms with van der Waals surface area (Å²) in [7, 11) is 2.07. The molecule has 0 saturated carbocycles. The molecule has 0 bridgehead atoms. The highest BCUT2D eigenvalue weighted by atomic mass is 127. The first-order valence-corrected chi connectivity index (χ1v) is 9.49. The third-order valence-corrected chi connectivity index (χ3v) is 4.70. The van der Waals surface area contributed by atoms with Crippen LogP contribution in [0.2, 0.25) is 0 Å². The number of ether oxygens (including phenoxy) is 1. The second-order valence-electron chi connectivity index (χ2n) is 4.38. The van der Waals surface area contributed by atoms with Crippen LogP contribution in [0, 0.1) is 5.92 Å². The molecule has 0 spiro atoms. The van der Waals surface area contributed by atoms with Gasteiger partial charge in [0, 0.05) is 18.9 Å². The van der Waals surface area contributed by atoms with Crippen LogP contribution < -0.4 is 0 Å². The topological polar surface area (TPSA) is 35.5 Å². The summed E-state index contributed by atoms with van der Waals surface area (Å²) in [6, 6.07) is 0. The molecular formula is C11H18BIO3PS. The van der Waals surface area contributed by atoms with Gasteiger partial charge in [-0.1, -0.05) is 37.2 Å². The first-order chi connectivity index (χ1) is 8.60. The second kappa shape index (κ2) is 8.95. The van der Waals surface area contributed by atoms with Gasteiger partial charge >= 0.3 is 7.20 Å². The average Bonchev–Trinajstić information content (AvgIpc) is 2.38. The normalized spacial score (nSPS) is 30.1. The summed E-state index contributed by atoms with van der Waals surface area (Å²) < 4.78 is 13.3. The summed E-state index contributed by atoms with van der Waals surface area (Å²) in [5, 5.41) is 0. The SMILES string of the molecule is C/C(=C\I)[C@H]1CC(=O)[C@@H](C)[C@@H](CCO[B]PS)O1. The molecule has 1 aliphatic rings. The highest BCUT2D eigenvalue weighted by Crippen LogP contribution is 2.28. The molecule has 0 aromatic rings. The van der Waals surface area contributed by atoms with E-state index < -0.39 is 0 Å². The summed E-state index contributed by atoms with van der Waals surface area (Å²) in [4.78, 5) is 12.0. The van der Waals surface area contributed by atoms with Crippen LogP contribution in [0.5, 0.6) is 0 Å². The Hall–Kier alpha value is 0.905. The van der Waals surface area contributed by atoms with Crippen molar-refractivity contribution in [3.05, 3.63) is 9.66 Å². The van der Waals surface area contributed by atoms with E-state index in [-0.39, 0.29) is 23.9 Å². The lowest BCUT2D eigenvalue weighted by molar-refractivity contribution is -0.142. The third-order valence-electron chi connectivity index (χ3n) is 3.13. The monoisotopic (exact) mass is 399 g/mol. The number of ketones is 1. The smallest absolute Gasteiger partial charge is 0.332 e. The minimum atomic E-state index is -0.0636. The second-order valence-corrected chi connectivity index (χ2v) is 6.27. The van der Waals surface area contributed by atoms with Gasteiger partial charge in [0.1, 0.15) is 5.78 Å². The Balaban J connectivity index is 2.51. The largest absolute Gasteiger partial charge is 0.434 e. The fraction of sp³-hybridized carbons (Fsp3) is 0.727. The highest BCUT2D eigenvalue weighted by molar-refractivity contribution is 14.1. The highest BCUT2D eigenvalue weighted by Gasteiger charge is 2.34. The number of halogens is 1. The Morgan fingerprint density at radius 3 is 3.11 bits per heavy atom. The Bertz CT molecular complexity index is 317. The molecule has 101 valence electrons. The van der Waals surface area contributed by atoms with Gasteiger partial charge < -0.3 is 9.39 Å². The fourth-order valence-electron chi connectivity index (χ4n) is 1.89. The van der Waals surface area contributed by atoms with Crippen molar-refractivity contribution in [2.24, 2.45) is 5.92 Å². The van der Waals surface area contributed by atoms with E-state index in [4.69, 9.17) is 9.39 Å². The minimum absolute atomic E-state index is 0.0367. The number of carbonyl (C=O) groups is 1. The van der Waals surface area contributed by atoms with E-state index >= 15 is 0 Å². The van der Waals surface area contributed by atoms with E-state index in [2.05, 4.69) is 34.8 Å². The van der Waals surface area contributed by atoms with Crippen LogP contribution in [-0.4, -0.2) is 31.8 Å². The van der Waals surface area contributed by atoms with Gasteiger partial charge in [0.25, 0.3) is 0 Å². The number of hydrogen-bond donors (Lipinski definition) is 1. The standard InChI is InChI=1S/C11H18BIO3PS/c1-7(6-13)11-5-9(14)8(2)10(16-11)3-4-15-12-17-18/h6,8,10-11,17-18H,3-5H2,1-2H3/b7-6+/t8-,10-,11-/m1/s1. The van der Waals surface area contributed by atoms with Crippen molar-refractivity contribution in [2.75, 3.05) is 6.61 Å². The molecule has 0 aliphatic carbocycles. The van der Waals surface area contributed by atoms with E-state index in [1.807, 2.05) is 17.9 Å². The number of carbonyl (C=O) groups excluding carboxylic acids is 1. The van der Waals surface area contributed by atoms with Crippen LogP contribution in [-0.2, 0) is 14.2 Å². The Morgan fingerprint density at radius 2 is 2.50 bits per heavy atom. The zero-order valence-corrected chi connectivity index (χ0v) is 14.6. The molecular weight excluding hydrogens is 381 g/mol. The predicted molar refractivity (Wildman–Crippen MR) is 88.9 cm³/mol. The number of hydrogen-bond acceptors (Lipinski definition) is 4. The first kappa shape index (κ1) is 17.0. The van der Waals surface area contributed by atoms with Gasteiger partial charge in [0.15, 0.2) is 0 Å². The van der Waals surface area contributed by atoms with Gasteiger partial charge in [-0.15, -0.1) is 0 Å². The van der Waals surface area contributed by atoms with Crippen molar-refractivity contribution < 1.29 is 14.2 Å². The van der Waals surface area contributed by atoms with Crippen LogP contribution >= 0.6 is 42.5 Å². The van der Waals surface area contributed by atoms with Gasteiger partial charge in [-0.05, 0) is 23.0 Å². The van der Waals surface area contributed by atoms with E-state index in [1.54, 1.807) is 7.20 Å². The molecule has 7 heteroatoms. The van der Waals surface area contributed by atoms with E-state index in [0.717, 1.165) is 12.0 Å². The number of thiol groups is 1. The quantitative estimate of drug-likeness (QED) is 0.245. The molecule has 0 amide bonds.